The zero-order valence-electron chi connectivity index (χ0n) is 37.3. The van der Waals surface area contributed by atoms with E-state index in [1.165, 1.54) is 22.5 Å². The summed E-state index contributed by atoms with van der Waals surface area (Å²) in [6, 6.07) is 0. The molecule has 0 radical (unpaired) electrons. The number of nitrogens with two attached hydrogens (primary N) is 2. The zero-order valence-corrected chi connectivity index (χ0v) is 40.9. The Morgan fingerprint density at radius 3 is 1.81 bits per heavy atom. The first-order valence-corrected chi connectivity index (χ1v) is 26.7. The summed E-state index contributed by atoms with van der Waals surface area (Å²) in [5.74, 6) is -1.65. The number of imidazole rings is 3. The minimum Gasteiger partial charge on any atom is -0.465 e. The molecule has 0 aromatic carbocycles. The molecule has 74 heavy (non-hydrogen) atoms. The molecule has 2 fully saturated rings. The molecule has 38 nitrogen and oxygen atoms in total. The van der Waals surface area contributed by atoms with Crippen LogP contribution in [0, 0.1) is 0 Å². The Kier molecular flexibility index (Phi) is 14.6. The van der Waals surface area contributed by atoms with E-state index in [2.05, 4.69) is 63.3 Å². The monoisotopic (exact) mass is 1130 g/mol. The fourth-order valence-electron chi connectivity index (χ4n) is 7.74. The normalized spacial score (nSPS) is 28.6. The Hall–Kier alpha value is -5.53. The van der Waals surface area contributed by atoms with Crippen LogP contribution in [0.1, 0.15) is 18.7 Å². The molecular weight excluding hydrogens is 1090 g/mol. The molecule has 3 aliphatic heterocycles. The number of nitrogens with one attached hydrogen (secondary N) is 2. The number of aromatic nitrogens is 12. The van der Waals surface area contributed by atoms with Crippen molar-refractivity contribution in [1.82, 2.24) is 58.6 Å². The summed E-state index contributed by atoms with van der Waals surface area (Å²) in [6.45, 7) is -3.46. The van der Waals surface area contributed by atoms with Gasteiger partial charge in [-0.3, -0.25) is 41.9 Å². The van der Waals surface area contributed by atoms with E-state index in [0.29, 0.717) is 0 Å². The third-order valence-electron chi connectivity index (χ3n) is 11.0. The highest BCUT2D eigenvalue weighted by molar-refractivity contribution is 7.66. The van der Waals surface area contributed by atoms with Gasteiger partial charge in [0.2, 0.25) is 12.2 Å². The van der Waals surface area contributed by atoms with Crippen molar-refractivity contribution in [3.05, 3.63) is 53.5 Å². The van der Waals surface area contributed by atoms with Crippen molar-refractivity contribution in [2.45, 2.75) is 61.4 Å². The van der Waals surface area contributed by atoms with E-state index in [-0.39, 0.29) is 51.1 Å². The molecule has 0 aliphatic carbocycles. The van der Waals surface area contributed by atoms with Crippen molar-refractivity contribution in [2.24, 2.45) is 0 Å². The Bertz CT molecular complexity index is 3400. The number of methoxy groups -OCH3 is 1. The number of hydrogen-bond donors (Lipinski definition) is 12. The average Bonchev–Trinajstić information content (AvgIpc) is 4.19. The Morgan fingerprint density at radius 1 is 0.676 bits per heavy atom. The smallest absolute Gasteiger partial charge is 0.465 e. The van der Waals surface area contributed by atoms with Gasteiger partial charge in [0.05, 0.1) is 25.9 Å². The maximum Gasteiger partial charge on any atom is 0.527 e. The number of aliphatic hydroxyl groups is 4. The second-order valence-electron chi connectivity index (χ2n) is 15.7. The van der Waals surface area contributed by atoms with Crippen LogP contribution in [0.25, 0.3) is 33.5 Å². The van der Waals surface area contributed by atoms with Gasteiger partial charge in [-0.25, -0.2) is 53.1 Å². The SMILES string of the molecule is CNc1ncnc2c1ncn2C1OC(COP(=O)(O)OP(=O)(O)OP(=O)(O)OCC2OC(n3cnc4c(N)ncnc43)C(O)C2O)=C(OP(=O)(O)OCC2OC(n3cnc4c(=O)[nH]c(N)nc43)C(O)C2O)C1OC. The molecule has 9 rings (SSSR count). The summed E-state index contributed by atoms with van der Waals surface area (Å²) in [4.78, 5) is 89.0. The number of hydrogen-bond acceptors (Lipinski definition) is 30. The quantitative estimate of drug-likeness (QED) is 0.0352. The number of nitrogen functional groups attached to an aromatic ring is 2. The lowest BCUT2D eigenvalue weighted by molar-refractivity contribution is -0.0522. The maximum absolute atomic E-state index is 13.7. The predicted molar refractivity (Wildman–Crippen MR) is 237 cm³/mol. The summed E-state index contributed by atoms with van der Waals surface area (Å²) in [7, 11) is -20.8. The minimum atomic E-state index is -6.19. The van der Waals surface area contributed by atoms with Crippen LogP contribution < -0.4 is 22.3 Å². The van der Waals surface area contributed by atoms with E-state index >= 15 is 0 Å². The number of ether oxygens (including phenoxy) is 4. The first kappa shape index (κ1) is 53.3. The second-order valence-corrected chi connectivity index (χ2v) is 21.7. The molecule has 14 N–H and O–H groups in total. The topological polar surface area (TPSA) is 537 Å². The van der Waals surface area contributed by atoms with E-state index in [0.717, 1.165) is 37.0 Å². The number of phosphoric acid groups is 4. The summed E-state index contributed by atoms with van der Waals surface area (Å²) in [5, 5.41) is 45.8. The first-order chi connectivity index (χ1) is 34.9. The highest BCUT2D eigenvalue weighted by atomic mass is 31.3. The number of aliphatic hydroxyl groups excluding tert-OH is 4. The molecule has 0 amide bonds. The molecule has 9 heterocycles. The fourth-order valence-corrected chi connectivity index (χ4v) is 12.0. The van der Waals surface area contributed by atoms with Gasteiger partial charge in [0.25, 0.3) is 5.56 Å². The summed E-state index contributed by atoms with van der Waals surface area (Å²) in [5.41, 5.74) is 10.8. The van der Waals surface area contributed by atoms with Crippen LogP contribution in [0.15, 0.2) is 47.9 Å². The number of anilines is 3. The molecule has 6 aromatic rings. The zero-order chi connectivity index (χ0) is 53.2. The van der Waals surface area contributed by atoms with E-state index in [4.69, 9.17) is 44.0 Å². The Labute approximate surface area is 409 Å². The highest BCUT2D eigenvalue weighted by Crippen LogP contribution is 2.68. The maximum atomic E-state index is 13.7. The van der Waals surface area contributed by atoms with E-state index < -0.39 is 130 Å². The molecule has 14 unspecified atom stereocenters. The van der Waals surface area contributed by atoms with Gasteiger partial charge in [0.15, 0.2) is 69.7 Å². The number of rotatable bonds is 20. The number of nitrogens with zero attached hydrogens (tertiary/aromatic N) is 11. The Morgan fingerprint density at radius 2 is 1.20 bits per heavy atom. The average molecular weight is 1130 g/mol. The van der Waals surface area contributed by atoms with Crippen LogP contribution in [0.3, 0.4) is 0 Å². The van der Waals surface area contributed by atoms with Crippen molar-refractivity contribution in [3.8, 4) is 0 Å². The summed E-state index contributed by atoms with van der Waals surface area (Å²) < 4.78 is 107. The molecule has 2 saturated heterocycles. The van der Waals surface area contributed by atoms with Crippen molar-refractivity contribution in [3.63, 3.8) is 0 Å². The lowest BCUT2D eigenvalue weighted by Crippen LogP contribution is -2.33. The van der Waals surface area contributed by atoms with Crippen LogP contribution in [-0.2, 0) is 63.9 Å². The van der Waals surface area contributed by atoms with Gasteiger partial charge in [-0.1, -0.05) is 0 Å². The van der Waals surface area contributed by atoms with Crippen molar-refractivity contribution in [1.29, 1.82) is 0 Å². The van der Waals surface area contributed by atoms with Gasteiger partial charge in [0.1, 0.15) is 67.7 Å². The largest absolute Gasteiger partial charge is 0.527 e. The van der Waals surface area contributed by atoms with Crippen molar-refractivity contribution >= 4 is 82.4 Å². The van der Waals surface area contributed by atoms with Crippen molar-refractivity contribution < 1.29 is 104 Å². The van der Waals surface area contributed by atoms with Crippen LogP contribution in [0.2, 0.25) is 0 Å². The fraction of sp³-hybridized carbons (Fsp3) is 0.469. The van der Waals surface area contributed by atoms with Crippen molar-refractivity contribution in [2.75, 3.05) is 50.8 Å². The third-order valence-corrected chi connectivity index (χ3v) is 16.2. The number of fused-ring (bicyclic) bond motifs is 3. The Balaban J connectivity index is 0.881. The lowest BCUT2D eigenvalue weighted by atomic mass is 10.1. The first-order valence-electron chi connectivity index (χ1n) is 20.7. The van der Waals surface area contributed by atoms with Gasteiger partial charge < -0.3 is 75.4 Å². The van der Waals surface area contributed by atoms with Gasteiger partial charge in [-0.2, -0.15) is 13.6 Å². The second kappa shape index (κ2) is 20.2. The minimum absolute atomic E-state index is 0.0235. The summed E-state index contributed by atoms with van der Waals surface area (Å²) in [6.07, 6.45) is -10.8. The summed E-state index contributed by atoms with van der Waals surface area (Å²) >= 11 is 0. The third kappa shape index (κ3) is 10.5. The van der Waals surface area contributed by atoms with E-state index in [9.17, 15) is 63.1 Å². The molecule has 402 valence electrons. The molecule has 42 heteroatoms. The standard InChI is InChI=1S/C32H41N15O23P4/c1-35-24-15-26(39-7-37-24)46(9-41-15)31-22(61-2)21(68-71(53,54)62-3-11-17(48)20(51)30(66-11)47-10-42-16-27(47)43-32(34)44-28(16)52)13(67-31)5-64-73(57,58)70-74(59,60)69-72(55,56)63-4-12-18(49)19(50)29(65-12)45-8-40-14-23(33)36-6-38-25(14)45/h6-12,17-20,22,29-31,48-51H,3-5H2,1-2H3,(H,53,54)(H,55,56)(H,57,58)(H,59,60)(H2,33,36,38)(H,35,37,39)(H3,34,43,44,52). The van der Waals surface area contributed by atoms with Gasteiger partial charge in [-0.15, -0.1) is 0 Å². The molecule has 3 aliphatic rings. The predicted octanol–water partition coefficient (Wildman–Crippen LogP) is -2.50. The lowest BCUT2D eigenvalue weighted by Gasteiger charge is -2.22. The number of phosphoric ester groups is 3. The van der Waals surface area contributed by atoms with Gasteiger partial charge >= 0.3 is 31.3 Å². The molecule has 6 aromatic heterocycles. The molecule has 0 bridgehead atoms. The molecular formula is C32H41N15O23P4. The van der Waals surface area contributed by atoms with Crippen LogP contribution in [0.4, 0.5) is 17.6 Å². The van der Waals surface area contributed by atoms with E-state index in [1.807, 2.05) is 0 Å². The molecule has 14 atom stereocenters. The van der Waals surface area contributed by atoms with Crippen LogP contribution in [0.5, 0.6) is 0 Å². The van der Waals surface area contributed by atoms with Gasteiger partial charge in [-0.05, 0) is 0 Å². The van der Waals surface area contributed by atoms with Crippen LogP contribution >= 0.6 is 31.3 Å². The number of H-pyrrole nitrogens is 1. The van der Waals surface area contributed by atoms with Crippen LogP contribution in [-0.4, -0.2) is 175 Å². The van der Waals surface area contributed by atoms with Gasteiger partial charge in [0, 0.05) is 14.2 Å². The molecule has 0 spiro atoms. The highest BCUT2D eigenvalue weighted by Gasteiger charge is 2.50. The number of aromatic amines is 1. The molecule has 0 saturated carbocycles. The van der Waals surface area contributed by atoms with E-state index in [1.54, 1.807) is 0 Å².